The van der Waals surface area contributed by atoms with Gasteiger partial charge in [-0.25, -0.2) is 0 Å². The van der Waals surface area contributed by atoms with E-state index in [1.54, 1.807) is 6.07 Å². The van der Waals surface area contributed by atoms with Crippen LogP contribution in [0.3, 0.4) is 0 Å². The Bertz CT molecular complexity index is 430. The maximum atomic E-state index is 10.4. The number of hydrogen-bond donors (Lipinski definition) is 1. The van der Waals surface area contributed by atoms with Crippen molar-refractivity contribution in [3.05, 3.63) is 22.7 Å². The van der Waals surface area contributed by atoms with Crippen molar-refractivity contribution >= 4 is 11.6 Å². The molecule has 0 spiro atoms. The van der Waals surface area contributed by atoms with Crippen molar-refractivity contribution in [3.63, 3.8) is 0 Å². The lowest BCUT2D eigenvalue weighted by atomic mass is 9.91. The summed E-state index contributed by atoms with van der Waals surface area (Å²) in [4.78, 5) is 0. The molecule has 0 saturated carbocycles. The van der Waals surface area contributed by atoms with Crippen LogP contribution >= 0.6 is 11.6 Å². The van der Waals surface area contributed by atoms with Gasteiger partial charge in [0, 0.05) is 6.42 Å². The summed E-state index contributed by atoms with van der Waals surface area (Å²) in [5.41, 5.74) is 0.808. The number of fused-ring (bicyclic) bond motifs is 1. The highest BCUT2D eigenvalue weighted by Crippen LogP contribution is 2.41. The van der Waals surface area contributed by atoms with Crippen LogP contribution in [0.15, 0.2) is 12.1 Å². The van der Waals surface area contributed by atoms with Crippen molar-refractivity contribution in [2.24, 2.45) is 5.92 Å². The first-order valence-electron chi connectivity index (χ1n) is 6.94. The topological polar surface area (TPSA) is 38.7 Å². The number of aliphatic hydroxyl groups excluding tert-OH is 1. The van der Waals surface area contributed by atoms with E-state index in [0.717, 1.165) is 24.8 Å². The first-order chi connectivity index (χ1) is 9.17. The normalized spacial score (nSPS) is 16.3. The molecule has 0 aliphatic carbocycles. The van der Waals surface area contributed by atoms with Crippen molar-refractivity contribution in [3.8, 4) is 11.5 Å². The minimum atomic E-state index is -0.510. The Balaban J connectivity index is 2.32. The van der Waals surface area contributed by atoms with Crippen LogP contribution < -0.4 is 9.47 Å². The molecular formula is C15H21ClO3. The van der Waals surface area contributed by atoms with Crippen LogP contribution in [-0.4, -0.2) is 18.3 Å². The maximum absolute atomic E-state index is 10.4. The van der Waals surface area contributed by atoms with E-state index in [0.29, 0.717) is 29.7 Å². The quantitative estimate of drug-likeness (QED) is 0.909. The van der Waals surface area contributed by atoms with Gasteiger partial charge < -0.3 is 14.6 Å². The monoisotopic (exact) mass is 284 g/mol. The van der Waals surface area contributed by atoms with Crippen molar-refractivity contribution in [2.45, 2.75) is 39.2 Å². The van der Waals surface area contributed by atoms with Crippen molar-refractivity contribution in [1.82, 2.24) is 0 Å². The van der Waals surface area contributed by atoms with Gasteiger partial charge in [0.25, 0.3) is 0 Å². The molecule has 0 amide bonds. The van der Waals surface area contributed by atoms with E-state index in [4.69, 9.17) is 21.1 Å². The van der Waals surface area contributed by atoms with Gasteiger partial charge in [-0.2, -0.15) is 0 Å². The summed E-state index contributed by atoms with van der Waals surface area (Å²) in [5, 5.41) is 10.9. The number of rotatable bonds is 4. The van der Waals surface area contributed by atoms with E-state index in [9.17, 15) is 5.11 Å². The predicted octanol–water partition coefficient (Wildman–Crippen LogP) is 3.97. The largest absolute Gasteiger partial charge is 0.489 e. The van der Waals surface area contributed by atoms with E-state index in [1.165, 1.54) is 0 Å². The molecule has 2 rings (SSSR count). The van der Waals surface area contributed by atoms with Gasteiger partial charge in [0.15, 0.2) is 11.5 Å². The van der Waals surface area contributed by atoms with Crippen LogP contribution in [0.1, 0.15) is 44.8 Å². The van der Waals surface area contributed by atoms with Gasteiger partial charge in [0.05, 0.1) is 24.3 Å². The summed E-state index contributed by atoms with van der Waals surface area (Å²) < 4.78 is 11.2. The molecule has 1 aromatic carbocycles. The number of halogens is 1. The molecule has 0 fully saturated rings. The van der Waals surface area contributed by atoms with Gasteiger partial charge in [-0.3, -0.25) is 0 Å². The summed E-state index contributed by atoms with van der Waals surface area (Å²) in [5.74, 6) is 1.48. The Morgan fingerprint density at radius 2 is 1.89 bits per heavy atom. The highest BCUT2D eigenvalue weighted by molar-refractivity contribution is 6.32. The average Bonchev–Trinajstić information content (AvgIpc) is 2.65. The van der Waals surface area contributed by atoms with Crippen molar-refractivity contribution < 1.29 is 14.6 Å². The molecule has 0 aromatic heterocycles. The Morgan fingerprint density at radius 3 is 2.58 bits per heavy atom. The van der Waals surface area contributed by atoms with E-state index >= 15 is 0 Å². The molecule has 0 saturated heterocycles. The van der Waals surface area contributed by atoms with Gasteiger partial charge in [-0.05, 0) is 23.6 Å². The SMILES string of the molecule is CCC(CC)C(O)c1cc(Cl)c2c(c1)OCCCO2. The number of hydrogen-bond acceptors (Lipinski definition) is 3. The zero-order valence-electron chi connectivity index (χ0n) is 11.5. The third-order valence-corrected chi connectivity index (χ3v) is 3.94. The van der Waals surface area contributed by atoms with Crippen LogP contribution in [0.25, 0.3) is 0 Å². The third-order valence-electron chi connectivity index (χ3n) is 3.66. The minimum absolute atomic E-state index is 0.237. The highest BCUT2D eigenvalue weighted by atomic mass is 35.5. The molecule has 106 valence electrons. The first kappa shape index (κ1) is 14.5. The van der Waals surface area contributed by atoms with Gasteiger partial charge in [-0.15, -0.1) is 0 Å². The summed E-state index contributed by atoms with van der Waals surface area (Å²) in [6, 6.07) is 3.65. The van der Waals surface area contributed by atoms with Crippen LogP contribution in [0.4, 0.5) is 0 Å². The highest BCUT2D eigenvalue weighted by Gasteiger charge is 2.22. The molecule has 1 heterocycles. The molecular weight excluding hydrogens is 264 g/mol. The van der Waals surface area contributed by atoms with Gasteiger partial charge in [-0.1, -0.05) is 38.3 Å². The number of aliphatic hydroxyl groups is 1. The van der Waals surface area contributed by atoms with Gasteiger partial charge in [0.1, 0.15) is 0 Å². The molecule has 4 heteroatoms. The number of ether oxygens (including phenoxy) is 2. The van der Waals surface area contributed by atoms with Crippen LogP contribution in [0, 0.1) is 5.92 Å². The van der Waals surface area contributed by atoms with E-state index in [-0.39, 0.29) is 5.92 Å². The lowest BCUT2D eigenvalue weighted by molar-refractivity contribution is 0.103. The third kappa shape index (κ3) is 3.15. The molecule has 1 unspecified atom stereocenters. The van der Waals surface area contributed by atoms with E-state index < -0.39 is 6.10 Å². The van der Waals surface area contributed by atoms with E-state index in [1.807, 2.05) is 6.07 Å². The first-order valence-corrected chi connectivity index (χ1v) is 7.32. The fourth-order valence-corrected chi connectivity index (χ4v) is 2.70. The zero-order chi connectivity index (χ0) is 13.8. The Morgan fingerprint density at radius 1 is 1.21 bits per heavy atom. The van der Waals surface area contributed by atoms with Crippen molar-refractivity contribution in [1.29, 1.82) is 0 Å². The molecule has 1 aliphatic heterocycles. The molecule has 1 N–H and O–H groups in total. The second kappa shape index (κ2) is 6.49. The zero-order valence-corrected chi connectivity index (χ0v) is 12.2. The molecule has 1 atom stereocenters. The van der Waals surface area contributed by atoms with E-state index in [2.05, 4.69) is 13.8 Å². The summed E-state index contributed by atoms with van der Waals surface area (Å²) >= 11 is 6.24. The lowest BCUT2D eigenvalue weighted by Gasteiger charge is -2.22. The fraction of sp³-hybridized carbons (Fsp3) is 0.600. The average molecular weight is 285 g/mol. The molecule has 1 aromatic rings. The van der Waals surface area contributed by atoms with Crippen LogP contribution in [0.2, 0.25) is 5.02 Å². The smallest absolute Gasteiger partial charge is 0.179 e. The lowest BCUT2D eigenvalue weighted by Crippen LogP contribution is -2.11. The van der Waals surface area contributed by atoms with Gasteiger partial charge >= 0.3 is 0 Å². The van der Waals surface area contributed by atoms with Crippen molar-refractivity contribution in [2.75, 3.05) is 13.2 Å². The Kier molecular flexibility index (Phi) is 4.94. The summed E-state index contributed by atoms with van der Waals surface area (Å²) in [7, 11) is 0. The summed E-state index contributed by atoms with van der Waals surface area (Å²) in [6.45, 7) is 5.40. The molecule has 3 nitrogen and oxygen atoms in total. The summed E-state index contributed by atoms with van der Waals surface area (Å²) in [6.07, 6.45) is 2.20. The maximum Gasteiger partial charge on any atom is 0.179 e. The van der Waals surface area contributed by atoms with Gasteiger partial charge in [0.2, 0.25) is 0 Å². The molecule has 1 aliphatic rings. The standard InChI is InChI=1S/C15H21ClO3/c1-3-10(4-2)14(17)11-8-12(16)15-13(9-11)18-6-5-7-19-15/h8-10,14,17H,3-7H2,1-2H3. The second-order valence-electron chi connectivity index (χ2n) is 4.90. The minimum Gasteiger partial charge on any atom is -0.489 e. The molecule has 0 bridgehead atoms. The van der Waals surface area contributed by atoms with Crippen LogP contribution in [0.5, 0.6) is 11.5 Å². The Hall–Kier alpha value is -0.930. The second-order valence-corrected chi connectivity index (χ2v) is 5.31. The van der Waals surface area contributed by atoms with Crippen LogP contribution in [-0.2, 0) is 0 Å². The Labute approximate surface area is 119 Å². The number of benzene rings is 1. The molecule has 19 heavy (non-hydrogen) atoms. The predicted molar refractivity (Wildman–Crippen MR) is 76.1 cm³/mol. The fourth-order valence-electron chi connectivity index (χ4n) is 2.43. The molecule has 0 radical (unpaired) electrons.